The number of aromatic nitrogens is 2. The van der Waals surface area contributed by atoms with E-state index in [1.165, 1.54) is 16.9 Å². The molecule has 1 aliphatic heterocycles. The zero-order valence-electron chi connectivity index (χ0n) is 16.4. The molecule has 1 amide bonds. The highest BCUT2D eigenvalue weighted by atomic mass is 32.1. The summed E-state index contributed by atoms with van der Waals surface area (Å²) in [7, 11) is 0. The van der Waals surface area contributed by atoms with E-state index in [-0.39, 0.29) is 11.5 Å². The first-order valence-electron chi connectivity index (χ1n) is 10.0. The summed E-state index contributed by atoms with van der Waals surface area (Å²) in [4.78, 5) is 31.9. The lowest BCUT2D eigenvalue weighted by Crippen LogP contribution is -2.24. The van der Waals surface area contributed by atoms with E-state index in [0.717, 1.165) is 62.1 Å². The molecule has 6 heteroatoms. The monoisotopic (exact) mass is 395 g/mol. The van der Waals surface area contributed by atoms with Gasteiger partial charge in [-0.15, -0.1) is 11.3 Å². The third-order valence-corrected chi connectivity index (χ3v) is 6.55. The van der Waals surface area contributed by atoms with E-state index >= 15 is 0 Å². The minimum Gasteiger partial charge on any atom is -0.321 e. The highest BCUT2D eigenvalue weighted by molar-refractivity contribution is 7.20. The van der Waals surface area contributed by atoms with Crippen molar-refractivity contribution < 1.29 is 4.79 Å². The van der Waals surface area contributed by atoms with Gasteiger partial charge in [-0.25, -0.2) is 4.98 Å². The lowest BCUT2D eigenvalue weighted by Gasteiger charge is -2.08. The van der Waals surface area contributed by atoms with Crippen LogP contribution in [0.3, 0.4) is 0 Å². The second-order valence-corrected chi connectivity index (χ2v) is 8.43. The van der Waals surface area contributed by atoms with Crippen molar-refractivity contribution in [3.8, 4) is 0 Å². The molecule has 146 valence electrons. The topological polar surface area (TPSA) is 64.0 Å². The van der Waals surface area contributed by atoms with Gasteiger partial charge < -0.3 is 5.32 Å². The van der Waals surface area contributed by atoms with Gasteiger partial charge in [0, 0.05) is 18.7 Å². The average Bonchev–Trinajstić information content (AvgIpc) is 2.86. The van der Waals surface area contributed by atoms with Crippen molar-refractivity contribution in [2.75, 3.05) is 5.32 Å². The Hall–Kier alpha value is -2.47. The van der Waals surface area contributed by atoms with Crippen LogP contribution in [0.5, 0.6) is 0 Å². The lowest BCUT2D eigenvalue weighted by atomic mass is 10.1. The van der Waals surface area contributed by atoms with Crippen LogP contribution in [0.1, 0.15) is 59.2 Å². The molecule has 0 bridgehead atoms. The van der Waals surface area contributed by atoms with Gasteiger partial charge in [0.15, 0.2) is 0 Å². The standard InChI is InChI=1S/C22H25N3O2S/c1-3-7-15-9-11-16(12-10-15)23-20(26)19-14(2)18-21(28-19)24-17-8-5-4-6-13-25(17)22(18)27/h9-12H,3-8,13H2,1-2H3,(H,23,26). The Balaban J connectivity index is 1.67. The van der Waals surface area contributed by atoms with Crippen LogP contribution in [0, 0.1) is 6.92 Å². The summed E-state index contributed by atoms with van der Waals surface area (Å²) in [6.07, 6.45) is 6.14. The summed E-state index contributed by atoms with van der Waals surface area (Å²) >= 11 is 1.32. The summed E-state index contributed by atoms with van der Waals surface area (Å²) in [6.45, 7) is 4.72. The van der Waals surface area contributed by atoms with E-state index < -0.39 is 0 Å². The molecule has 0 atom stereocenters. The number of rotatable bonds is 4. The second kappa shape index (κ2) is 7.87. The van der Waals surface area contributed by atoms with Crippen molar-refractivity contribution in [1.82, 2.24) is 9.55 Å². The van der Waals surface area contributed by atoms with Gasteiger partial charge in [0.2, 0.25) is 0 Å². The van der Waals surface area contributed by atoms with E-state index in [4.69, 9.17) is 4.98 Å². The number of aryl methyl sites for hydroxylation is 3. The Morgan fingerprint density at radius 1 is 1.21 bits per heavy atom. The van der Waals surface area contributed by atoms with Crippen LogP contribution >= 0.6 is 11.3 Å². The van der Waals surface area contributed by atoms with Gasteiger partial charge in [0.25, 0.3) is 11.5 Å². The molecule has 0 saturated carbocycles. The molecule has 3 heterocycles. The number of hydrogen-bond acceptors (Lipinski definition) is 4. The molecule has 0 unspecified atom stereocenters. The van der Waals surface area contributed by atoms with Gasteiger partial charge >= 0.3 is 0 Å². The molecule has 3 aromatic rings. The maximum atomic E-state index is 13.0. The predicted octanol–water partition coefficient (Wildman–Crippen LogP) is 4.70. The predicted molar refractivity (Wildman–Crippen MR) is 115 cm³/mol. The van der Waals surface area contributed by atoms with Crippen molar-refractivity contribution in [3.05, 3.63) is 56.4 Å². The van der Waals surface area contributed by atoms with Crippen molar-refractivity contribution in [3.63, 3.8) is 0 Å². The van der Waals surface area contributed by atoms with Gasteiger partial charge in [-0.2, -0.15) is 0 Å². The maximum Gasteiger partial charge on any atom is 0.266 e. The number of nitrogens with zero attached hydrogens (tertiary/aromatic N) is 2. The largest absolute Gasteiger partial charge is 0.321 e. The van der Waals surface area contributed by atoms with E-state index in [0.29, 0.717) is 15.1 Å². The summed E-state index contributed by atoms with van der Waals surface area (Å²) in [5.41, 5.74) is 2.76. The first-order chi connectivity index (χ1) is 13.6. The molecule has 0 radical (unpaired) electrons. The molecular weight excluding hydrogens is 370 g/mol. The number of nitrogens with one attached hydrogen (secondary N) is 1. The smallest absolute Gasteiger partial charge is 0.266 e. The van der Waals surface area contributed by atoms with Gasteiger partial charge in [-0.3, -0.25) is 14.2 Å². The van der Waals surface area contributed by atoms with Crippen molar-refractivity contribution >= 4 is 33.1 Å². The Kier molecular flexibility index (Phi) is 5.31. The molecule has 0 spiro atoms. The fourth-order valence-electron chi connectivity index (χ4n) is 3.86. The zero-order chi connectivity index (χ0) is 19.7. The number of fused-ring (bicyclic) bond motifs is 2. The number of hydrogen-bond donors (Lipinski definition) is 1. The summed E-state index contributed by atoms with van der Waals surface area (Å²) in [5, 5.41) is 3.56. The average molecular weight is 396 g/mol. The third-order valence-electron chi connectivity index (χ3n) is 5.37. The molecule has 28 heavy (non-hydrogen) atoms. The van der Waals surface area contributed by atoms with Gasteiger partial charge in [0.1, 0.15) is 10.7 Å². The summed E-state index contributed by atoms with van der Waals surface area (Å²) in [5.74, 6) is 0.679. The molecule has 0 fully saturated rings. The Bertz CT molecular complexity index is 1080. The fraction of sp³-hybridized carbons (Fsp3) is 0.409. The van der Waals surface area contributed by atoms with Crippen LogP contribution in [0.15, 0.2) is 29.1 Å². The third kappa shape index (κ3) is 3.49. The van der Waals surface area contributed by atoms with Crippen molar-refractivity contribution in [2.24, 2.45) is 0 Å². The first kappa shape index (κ1) is 18.9. The van der Waals surface area contributed by atoms with Crippen LogP contribution in [-0.2, 0) is 19.4 Å². The maximum absolute atomic E-state index is 13.0. The van der Waals surface area contributed by atoms with E-state index in [2.05, 4.69) is 12.2 Å². The van der Waals surface area contributed by atoms with E-state index in [9.17, 15) is 9.59 Å². The number of anilines is 1. The van der Waals surface area contributed by atoms with Crippen molar-refractivity contribution in [2.45, 2.75) is 58.9 Å². The highest BCUT2D eigenvalue weighted by Crippen LogP contribution is 2.29. The molecule has 1 N–H and O–H groups in total. The summed E-state index contributed by atoms with van der Waals surface area (Å²) in [6, 6.07) is 7.95. The Labute approximate surface area is 168 Å². The number of carbonyl (C=O) groups is 1. The van der Waals surface area contributed by atoms with E-state index in [1.54, 1.807) is 0 Å². The number of amides is 1. The molecule has 1 aliphatic rings. The number of thiophene rings is 1. The quantitative estimate of drug-likeness (QED) is 0.696. The molecule has 0 saturated heterocycles. The second-order valence-electron chi connectivity index (χ2n) is 7.43. The number of carbonyl (C=O) groups excluding carboxylic acids is 1. The van der Waals surface area contributed by atoms with Crippen molar-refractivity contribution in [1.29, 1.82) is 0 Å². The normalized spacial score (nSPS) is 13.9. The fourth-order valence-corrected chi connectivity index (χ4v) is 4.94. The zero-order valence-corrected chi connectivity index (χ0v) is 17.2. The van der Waals surface area contributed by atoms with Gasteiger partial charge in [-0.05, 0) is 49.4 Å². The van der Waals surface area contributed by atoms with Crippen LogP contribution in [-0.4, -0.2) is 15.5 Å². The van der Waals surface area contributed by atoms with E-state index in [1.807, 2.05) is 35.8 Å². The first-order valence-corrected chi connectivity index (χ1v) is 10.8. The SMILES string of the molecule is CCCc1ccc(NC(=O)c2sc3nc4n(c(=O)c3c2C)CCCCC4)cc1. The Morgan fingerprint density at radius 3 is 2.75 bits per heavy atom. The highest BCUT2D eigenvalue weighted by Gasteiger charge is 2.22. The minimum atomic E-state index is -0.177. The molecular formula is C22H25N3O2S. The lowest BCUT2D eigenvalue weighted by molar-refractivity contribution is 0.103. The Morgan fingerprint density at radius 2 is 2.00 bits per heavy atom. The molecule has 0 aliphatic carbocycles. The van der Waals surface area contributed by atoms with Gasteiger partial charge in [0.05, 0.1) is 10.3 Å². The molecule has 2 aromatic heterocycles. The van der Waals surface area contributed by atoms with Crippen LogP contribution in [0.2, 0.25) is 0 Å². The van der Waals surface area contributed by atoms with Crippen LogP contribution in [0.4, 0.5) is 5.69 Å². The minimum absolute atomic E-state index is 0.00128. The van der Waals surface area contributed by atoms with Crippen LogP contribution < -0.4 is 10.9 Å². The molecule has 1 aromatic carbocycles. The van der Waals surface area contributed by atoms with Gasteiger partial charge in [-0.1, -0.05) is 31.9 Å². The molecule has 5 nitrogen and oxygen atoms in total. The number of benzene rings is 1. The summed E-state index contributed by atoms with van der Waals surface area (Å²) < 4.78 is 1.81. The van der Waals surface area contributed by atoms with Crippen LogP contribution in [0.25, 0.3) is 10.2 Å². The molecule has 4 rings (SSSR count).